The van der Waals surface area contributed by atoms with Gasteiger partial charge in [0.1, 0.15) is 4.75 Å². The van der Waals surface area contributed by atoms with Crippen molar-refractivity contribution in [2.24, 2.45) is 11.1 Å². The predicted molar refractivity (Wildman–Crippen MR) is 183 cm³/mol. The highest BCUT2D eigenvalue weighted by atomic mass is 35.5. The number of amides is 4. The molecular weight excluding hydrogens is 712 g/mol. The number of thioether (sulfide) groups is 1. The fourth-order valence-corrected chi connectivity index (χ4v) is 8.19. The molecule has 49 heavy (non-hydrogen) atoms. The highest BCUT2D eigenvalue weighted by Gasteiger charge is 2.52. The third kappa shape index (κ3) is 8.13. The number of nitrogens with zero attached hydrogens (tertiary/aromatic N) is 3. The van der Waals surface area contributed by atoms with Gasteiger partial charge in [-0.1, -0.05) is 46.6 Å². The average molecular weight is 749 g/mol. The summed E-state index contributed by atoms with van der Waals surface area (Å²) in [7, 11) is 0. The number of carbonyl (C=O) groups excluding carboxylic acids is 2. The molecule has 0 aromatic heterocycles. The number of urea groups is 2. The Morgan fingerprint density at radius 3 is 2.14 bits per heavy atom. The molecule has 1 fully saturated rings. The van der Waals surface area contributed by atoms with Crippen LogP contribution in [0, 0.1) is 5.92 Å². The zero-order valence-electron chi connectivity index (χ0n) is 27.0. The minimum absolute atomic E-state index is 0.0277. The molecule has 0 radical (unpaired) electrons. The summed E-state index contributed by atoms with van der Waals surface area (Å²) in [5, 5.41) is 10.1. The number of imide groups is 1. The lowest BCUT2D eigenvalue weighted by atomic mass is 9.82. The molecule has 2 unspecified atom stereocenters. The van der Waals surface area contributed by atoms with Crippen LogP contribution in [0.1, 0.15) is 57.6 Å². The number of nitrogens with one attached hydrogen (secondary N) is 2. The normalized spacial score (nSPS) is 21.5. The van der Waals surface area contributed by atoms with E-state index in [4.69, 9.17) is 28.0 Å². The van der Waals surface area contributed by atoms with Crippen LogP contribution < -0.4 is 10.6 Å². The number of likely N-dealkylation sites (tertiary alicyclic amines) is 1. The van der Waals surface area contributed by atoms with E-state index in [0.29, 0.717) is 32.2 Å². The van der Waals surface area contributed by atoms with Crippen molar-refractivity contribution in [1.29, 1.82) is 0 Å². The molecule has 16 heteroatoms. The van der Waals surface area contributed by atoms with Gasteiger partial charge in [0.2, 0.25) is 0 Å². The summed E-state index contributed by atoms with van der Waals surface area (Å²) in [6.45, 7) is 7.09. The van der Waals surface area contributed by atoms with E-state index < -0.39 is 45.3 Å². The van der Waals surface area contributed by atoms with Crippen molar-refractivity contribution in [3.8, 4) is 0 Å². The number of rotatable bonds is 9. The van der Waals surface area contributed by atoms with Crippen LogP contribution in [0.25, 0.3) is 0 Å². The third-order valence-electron chi connectivity index (χ3n) is 9.00. The van der Waals surface area contributed by atoms with E-state index in [0.717, 1.165) is 54.7 Å². The minimum Gasteiger partial charge on any atom is -0.386 e. The largest absolute Gasteiger partial charge is 0.417 e. The van der Waals surface area contributed by atoms with Gasteiger partial charge in [-0.25, -0.2) is 23.3 Å². The van der Waals surface area contributed by atoms with Crippen molar-refractivity contribution in [3.05, 3.63) is 68.6 Å². The van der Waals surface area contributed by atoms with Crippen molar-refractivity contribution in [2.75, 3.05) is 36.8 Å². The van der Waals surface area contributed by atoms with Gasteiger partial charge in [0.15, 0.2) is 6.10 Å². The monoisotopic (exact) mass is 747 g/mol. The summed E-state index contributed by atoms with van der Waals surface area (Å²) in [5.41, 5.74) is 0.0630. The van der Waals surface area contributed by atoms with Gasteiger partial charge in [0.05, 0.1) is 32.7 Å². The Labute approximate surface area is 295 Å². The van der Waals surface area contributed by atoms with Crippen LogP contribution in [0.4, 0.5) is 42.9 Å². The van der Waals surface area contributed by atoms with Crippen molar-refractivity contribution in [1.82, 2.24) is 9.80 Å². The zero-order valence-corrected chi connectivity index (χ0v) is 29.3. The molecule has 2 atom stereocenters. The minimum atomic E-state index is -4.78. The smallest absolute Gasteiger partial charge is 0.386 e. The van der Waals surface area contributed by atoms with Gasteiger partial charge in [-0.3, -0.25) is 0 Å². The summed E-state index contributed by atoms with van der Waals surface area (Å²) < 4.78 is 68.3. The lowest BCUT2D eigenvalue weighted by Crippen LogP contribution is -2.45. The highest BCUT2D eigenvalue weighted by molar-refractivity contribution is 8.04. The lowest BCUT2D eigenvalue weighted by Gasteiger charge is -2.35. The van der Waals surface area contributed by atoms with E-state index >= 15 is 0 Å². The summed E-state index contributed by atoms with van der Waals surface area (Å²) in [6, 6.07) is 4.62. The Bertz CT molecular complexity index is 1570. The van der Waals surface area contributed by atoms with E-state index in [1.807, 2.05) is 0 Å². The number of fused-ring (bicyclic) bond motifs is 1. The van der Waals surface area contributed by atoms with Gasteiger partial charge >= 0.3 is 18.2 Å². The molecule has 0 spiro atoms. The fourth-order valence-electron chi connectivity index (χ4n) is 6.34. The molecular formula is C33H36Cl2F5N5O3S. The van der Waals surface area contributed by atoms with Crippen molar-refractivity contribution >= 4 is 64.1 Å². The first-order valence-corrected chi connectivity index (χ1v) is 17.4. The van der Waals surface area contributed by atoms with Gasteiger partial charge < -0.3 is 20.4 Å². The maximum absolute atomic E-state index is 14.1. The molecule has 266 valence electrons. The molecule has 2 aromatic rings. The molecule has 4 amide bonds. The number of carbonyl (C=O) groups is 2. The van der Waals surface area contributed by atoms with Crippen molar-refractivity contribution in [3.63, 3.8) is 0 Å². The number of piperidine rings is 1. The van der Waals surface area contributed by atoms with Crippen LogP contribution in [0.15, 0.2) is 52.5 Å². The summed E-state index contributed by atoms with van der Waals surface area (Å²) >= 11 is 13.9. The number of hydrogen-bond acceptors (Lipinski definition) is 6. The Hall–Kier alpha value is -3.07. The van der Waals surface area contributed by atoms with E-state index in [-0.39, 0.29) is 28.8 Å². The number of alkyl halides is 5. The van der Waals surface area contributed by atoms with Crippen LogP contribution in [-0.2, 0) is 16.9 Å². The average Bonchev–Trinajstić information content (AvgIpc) is 3.52. The summed E-state index contributed by atoms with van der Waals surface area (Å²) in [5.74, 6) is -3.00. The topological polar surface area (TPSA) is 86.3 Å². The van der Waals surface area contributed by atoms with Gasteiger partial charge in [-0.2, -0.15) is 13.2 Å². The molecule has 2 aromatic carbocycles. The number of halogens is 7. The molecule has 0 saturated carbocycles. The van der Waals surface area contributed by atoms with Crippen molar-refractivity contribution < 1.29 is 36.4 Å². The maximum Gasteiger partial charge on any atom is 0.417 e. The van der Waals surface area contributed by atoms with Gasteiger partial charge in [-0.05, 0) is 88.3 Å². The second kappa shape index (κ2) is 14.7. The number of unbranched alkanes of at least 4 members (excludes halogenated alkanes) is 1. The van der Waals surface area contributed by atoms with Crippen molar-refractivity contribution in [2.45, 2.75) is 69.4 Å². The Morgan fingerprint density at radius 1 is 1.00 bits per heavy atom. The molecule has 0 aliphatic carbocycles. The molecule has 8 nitrogen and oxygen atoms in total. The van der Waals surface area contributed by atoms with E-state index in [9.17, 15) is 31.5 Å². The molecule has 3 aliphatic rings. The van der Waals surface area contributed by atoms with E-state index in [1.54, 1.807) is 11.8 Å². The van der Waals surface area contributed by atoms with Crippen LogP contribution in [0.5, 0.6) is 0 Å². The molecule has 3 heterocycles. The molecule has 0 bridgehead atoms. The molecule has 3 aliphatic heterocycles. The number of oxime groups is 1. The van der Waals surface area contributed by atoms with Gasteiger partial charge in [-0.15, -0.1) is 11.8 Å². The van der Waals surface area contributed by atoms with Crippen LogP contribution in [-0.4, -0.2) is 64.6 Å². The first-order valence-electron chi connectivity index (χ1n) is 15.7. The summed E-state index contributed by atoms with van der Waals surface area (Å²) in [6.07, 6.45) is -2.05. The van der Waals surface area contributed by atoms with Crippen LogP contribution in [0.3, 0.4) is 0 Å². The SMILES string of the molecule is CC1=CSC2(C)C(C3CCN(CCCCN(C(=O)Nc4cccc(C(C)(F)F)c4Cl)C(=O)Nc4cccc(C(F)(F)F)c4Cl)CC3)=NOC12. The Morgan fingerprint density at radius 2 is 1.57 bits per heavy atom. The van der Waals surface area contributed by atoms with E-state index in [2.05, 4.69) is 39.9 Å². The standard InChI is InChI=1S/C33H36Cl2F5N5O3S/c1-19-18-49-31(2)27(43-48-28(19)31)20-12-16-44(17-13-20)14-4-5-15-45(29(46)41-23-10-6-8-21(25(23)34)32(3,36)37)30(47)42-24-11-7-9-22(26(24)35)33(38,39)40/h6-11,18,20,28H,4-5,12-17H2,1-3H3,(H,41,46)(H,42,47). The molecule has 2 N–H and O–H groups in total. The Kier molecular flexibility index (Phi) is 11.1. The molecule has 5 rings (SSSR count). The van der Waals surface area contributed by atoms with Gasteiger partial charge in [0, 0.05) is 24.9 Å². The number of hydrogen-bond donors (Lipinski definition) is 2. The second-order valence-electron chi connectivity index (χ2n) is 12.6. The Balaban J connectivity index is 1.22. The van der Waals surface area contributed by atoms with Crippen LogP contribution >= 0.6 is 35.0 Å². The quantitative estimate of drug-likeness (QED) is 0.197. The lowest BCUT2D eigenvalue weighted by molar-refractivity contribution is -0.137. The second-order valence-corrected chi connectivity index (χ2v) is 14.7. The molecule has 1 saturated heterocycles. The highest BCUT2D eigenvalue weighted by Crippen LogP contribution is 2.49. The van der Waals surface area contributed by atoms with E-state index in [1.165, 1.54) is 23.8 Å². The number of benzene rings is 2. The zero-order chi connectivity index (χ0) is 35.7. The first kappa shape index (κ1) is 37.2. The first-order chi connectivity index (χ1) is 23.0. The summed E-state index contributed by atoms with van der Waals surface area (Å²) in [4.78, 5) is 35.6. The van der Waals surface area contributed by atoms with Gasteiger partial charge in [0.25, 0.3) is 5.92 Å². The fraction of sp³-hybridized carbons (Fsp3) is 0.485. The maximum atomic E-state index is 14.1. The third-order valence-corrected chi connectivity index (χ3v) is 11.2. The number of anilines is 2. The predicted octanol–water partition coefficient (Wildman–Crippen LogP) is 9.85. The van der Waals surface area contributed by atoms with Crippen LogP contribution in [0.2, 0.25) is 10.0 Å².